The van der Waals surface area contributed by atoms with Gasteiger partial charge < -0.3 is 14.8 Å². The minimum absolute atomic E-state index is 0.112. The number of halogens is 2. The fourth-order valence-electron chi connectivity index (χ4n) is 2.72. The lowest BCUT2D eigenvalue weighted by Crippen LogP contribution is -2.39. The monoisotopic (exact) mass is 408 g/mol. The molecule has 0 aromatic heterocycles. The maximum Gasteiger partial charge on any atom is 0.241 e. The van der Waals surface area contributed by atoms with Crippen molar-refractivity contribution in [1.29, 1.82) is 0 Å². The number of carbonyl (C=O) groups is 1. The lowest BCUT2D eigenvalue weighted by atomic mass is 10.1. The molecule has 0 aliphatic heterocycles. The van der Waals surface area contributed by atoms with Crippen molar-refractivity contribution in [1.82, 2.24) is 5.32 Å². The molecule has 0 spiro atoms. The summed E-state index contributed by atoms with van der Waals surface area (Å²) >= 11 is 5.97. The highest BCUT2D eigenvalue weighted by Gasteiger charge is 2.18. The first-order chi connectivity index (χ1) is 13.3. The second-order valence-electron chi connectivity index (χ2n) is 6.30. The third-order valence-electron chi connectivity index (χ3n) is 4.15. The summed E-state index contributed by atoms with van der Waals surface area (Å²) in [6.45, 7) is 8.62. The quantitative estimate of drug-likeness (QED) is 0.616. The van der Waals surface area contributed by atoms with Crippen LogP contribution < -0.4 is 20.1 Å². The summed E-state index contributed by atoms with van der Waals surface area (Å²) in [5.74, 6) is 0.641. The molecule has 1 amide bonds. The lowest BCUT2D eigenvalue weighted by Gasteiger charge is -2.21. The molecular formula is C21H26ClFN2O3. The normalized spacial score (nSPS) is 12.9. The molecule has 0 saturated carbocycles. The van der Waals surface area contributed by atoms with Crippen LogP contribution in [0, 0.1) is 5.82 Å². The van der Waals surface area contributed by atoms with E-state index >= 15 is 0 Å². The molecule has 0 aliphatic rings. The molecule has 0 unspecified atom stereocenters. The first kappa shape index (κ1) is 22.0. The van der Waals surface area contributed by atoms with Crippen molar-refractivity contribution in [3.8, 4) is 11.5 Å². The van der Waals surface area contributed by atoms with Crippen LogP contribution in [-0.2, 0) is 4.79 Å². The fraction of sp³-hybridized carbons (Fsp3) is 0.381. The van der Waals surface area contributed by atoms with Crippen LogP contribution >= 0.6 is 11.6 Å². The molecule has 0 heterocycles. The van der Waals surface area contributed by atoms with E-state index in [0.717, 1.165) is 11.6 Å². The minimum Gasteiger partial charge on any atom is -0.490 e. The Morgan fingerprint density at radius 3 is 2.39 bits per heavy atom. The maximum atomic E-state index is 13.1. The lowest BCUT2D eigenvalue weighted by molar-refractivity contribution is -0.117. The SMILES string of the molecule is CCOc1ccc([C@H](C)N[C@@H](C)C(=O)Nc2ccc(F)cc2Cl)cc1OCC. The third-order valence-corrected chi connectivity index (χ3v) is 4.46. The second kappa shape index (κ2) is 10.3. The molecule has 2 N–H and O–H groups in total. The summed E-state index contributed by atoms with van der Waals surface area (Å²) in [6.07, 6.45) is 0. The van der Waals surface area contributed by atoms with Crippen molar-refractivity contribution in [2.45, 2.75) is 39.8 Å². The van der Waals surface area contributed by atoms with Gasteiger partial charge in [0.05, 0.1) is 30.0 Å². The second-order valence-corrected chi connectivity index (χ2v) is 6.70. The summed E-state index contributed by atoms with van der Waals surface area (Å²) in [7, 11) is 0. The van der Waals surface area contributed by atoms with Gasteiger partial charge in [-0.15, -0.1) is 0 Å². The van der Waals surface area contributed by atoms with E-state index in [-0.39, 0.29) is 17.0 Å². The fourth-order valence-corrected chi connectivity index (χ4v) is 2.93. The van der Waals surface area contributed by atoms with Crippen LogP contribution in [0.15, 0.2) is 36.4 Å². The van der Waals surface area contributed by atoms with Crippen molar-refractivity contribution < 1.29 is 18.7 Å². The average molecular weight is 409 g/mol. The predicted molar refractivity (Wildman–Crippen MR) is 110 cm³/mol. The molecule has 0 bridgehead atoms. The van der Waals surface area contributed by atoms with Crippen molar-refractivity contribution in [3.05, 3.63) is 52.8 Å². The van der Waals surface area contributed by atoms with E-state index in [0.29, 0.717) is 30.4 Å². The van der Waals surface area contributed by atoms with Crippen LogP contribution in [0.2, 0.25) is 5.02 Å². The van der Waals surface area contributed by atoms with Crippen LogP contribution in [0.5, 0.6) is 11.5 Å². The van der Waals surface area contributed by atoms with Crippen LogP contribution in [0.4, 0.5) is 10.1 Å². The highest BCUT2D eigenvalue weighted by atomic mass is 35.5. The molecular weight excluding hydrogens is 383 g/mol. The molecule has 2 aromatic rings. The van der Waals surface area contributed by atoms with Crippen LogP contribution in [0.3, 0.4) is 0 Å². The molecule has 7 heteroatoms. The standard InChI is InChI=1S/C21H26ClFN2O3/c1-5-27-19-10-7-15(11-20(19)28-6-2)13(3)24-14(4)21(26)25-18-9-8-16(23)12-17(18)22/h7-14,24H,5-6H2,1-4H3,(H,25,26)/t13-,14-/m0/s1. The Labute approximate surface area is 170 Å². The molecule has 5 nitrogen and oxygen atoms in total. The first-order valence-corrected chi connectivity index (χ1v) is 9.65. The molecule has 152 valence electrons. The average Bonchev–Trinajstić information content (AvgIpc) is 2.65. The largest absolute Gasteiger partial charge is 0.490 e. The van der Waals surface area contributed by atoms with Gasteiger partial charge >= 0.3 is 0 Å². The molecule has 2 aromatic carbocycles. The Bertz CT molecular complexity index is 816. The zero-order valence-electron chi connectivity index (χ0n) is 16.5. The number of benzene rings is 2. The Kier molecular flexibility index (Phi) is 8.08. The van der Waals surface area contributed by atoms with E-state index in [4.69, 9.17) is 21.1 Å². The summed E-state index contributed by atoms with van der Waals surface area (Å²) in [5, 5.41) is 6.10. The maximum absolute atomic E-state index is 13.1. The number of amides is 1. The molecule has 2 rings (SSSR count). The summed E-state index contributed by atoms with van der Waals surface area (Å²) in [4.78, 5) is 12.5. The number of carbonyl (C=O) groups excluding carboxylic acids is 1. The van der Waals surface area contributed by atoms with E-state index in [1.165, 1.54) is 12.1 Å². The zero-order valence-corrected chi connectivity index (χ0v) is 17.3. The zero-order chi connectivity index (χ0) is 20.7. The number of hydrogen-bond acceptors (Lipinski definition) is 4. The molecule has 0 radical (unpaired) electrons. The molecule has 0 saturated heterocycles. The van der Waals surface area contributed by atoms with Crippen LogP contribution in [0.1, 0.15) is 39.3 Å². The van der Waals surface area contributed by atoms with Crippen molar-refractivity contribution in [2.24, 2.45) is 0 Å². The number of nitrogens with one attached hydrogen (secondary N) is 2. The number of anilines is 1. The Balaban J connectivity index is 2.05. The van der Waals surface area contributed by atoms with Gasteiger partial charge in [-0.05, 0) is 63.6 Å². The van der Waals surface area contributed by atoms with Gasteiger partial charge in [0.2, 0.25) is 5.91 Å². The smallest absolute Gasteiger partial charge is 0.241 e. The van der Waals surface area contributed by atoms with Gasteiger partial charge in [-0.25, -0.2) is 4.39 Å². The van der Waals surface area contributed by atoms with E-state index in [1.54, 1.807) is 6.92 Å². The number of hydrogen-bond donors (Lipinski definition) is 2. The first-order valence-electron chi connectivity index (χ1n) is 9.27. The summed E-state index contributed by atoms with van der Waals surface area (Å²) in [5.41, 5.74) is 1.33. The molecule has 2 atom stereocenters. The van der Waals surface area contributed by atoms with Gasteiger partial charge in [-0.2, -0.15) is 0 Å². The summed E-state index contributed by atoms with van der Waals surface area (Å²) in [6, 6.07) is 8.94. The van der Waals surface area contributed by atoms with Gasteiger partial charge in [-0.3, -0.25) is 10.1 Å². The highest BCUT2D eigenvalue weighted by molar-refractivity contribution is 6.33. The van der Waals surface area contributed by atoms with Gasteiger partial charge in [0.1, 0.15) is 5.82 Å². The Hall–Kier alpha value is -2.31. The molecule has 0 fully saturated rings. The number of rotatable bonds is 9. The Morgan fingerprint density at radius 2 is 1.75 bits per heavy atom. The van der Waals surface area contributed by atoms with E-state index < -0.39 is 11.9 Å². The van der Waals surface area contributed by atoms with Crippen molar-refractivity contribution in [3.63, 3.8) is 0 Å². The van der Waals surface area contributed by atoms with Crippen LogP contribution in [-0.4, -0.2) is 25.2 Å². The van der Waals surface area contributed by atoms with Crippen LogP contribution in [0.25, 0.3) is 0 Å². The molecule has 0 aliphatic carbocycles. The third kappa shape index (κ3) is 5.84. The number of ether oxygens (including phenoxy) is 2. The van der Waals surface area contributed by atoms with E-state index in [2.05, 4.69) is 10.6 Å². The topological polar surface area (TPSA) is 59.6 Å². The Morgan fingerprint density at radius 1 is 1.07 bits per heavy atom. The van der Waals surface area contributed by atoms with Crippen molar-refractivity contribution in [2.75, 3.05) is 18.5 Å². The summed E-state index contributed by atoms with van der Waals surface area (Å²) < 4.78 is 24.4. The van der Waals surface area contributed by atoms with E-state index in [1.807, 2.05) is 39.0 Å². The molecule has 28 heavy (non-hydrogen) atoms. The van der Waals surface area contributed by atoms with Gasteiger partial charge in [0.25, 0.3) is 0 Å². The highest BCUT2D eigenvalue weighted by Crippen LogP contribution is 2.31. The van der Waals surface area contributed by atoms with Gasteiger partial charge in [0.15, 0.2) is 11.5 Å². The van der Waals surface area contributed by atoms with Gasteiger partial charge in [0, 0.05) is 6.04 Å². The predicted octanol–water partition coefficient (Wildman–Crippen LogP) is 4.95. The van der Waals surface area contributed by atoms with Crippen molar-refractivity contribution >= 4 is 23.2 Å². The minimum atomic E-state index is -0.502. The van der Waals surface area contributed by atoms with Gasteiger partial charge in [-0.1, -0.05) is 17.7 Å². The van der Waals surface area contributed by atoms with E-state index in [9.17, 15) is 9.18 Å².